The van der Waals surface area contributed by atoms with Crippen LogP contribution < -0.4 is 26.4 Å². The molecule has 1 unspecified atom stereocenters. The van der Waals surface area contributed by atoms with Crippen LogP contribution in [0.1, 0.15) is 66.4 Å². The molecule has 3 amide bonds. The van der Waals surface area contributed by atoms with E-state index < -0.39 is 69.4 Å². The minimum absolute atomic E-state index is 0.0184. The Kier molecular flexibility index (Phi) is 13.6. The van der Waals surface area contributed by atoms with Gasteiger partial charge in [0, 0.05) is 48.5 Å². The summed E-state index contributed by atoms with van der Waals surface area (Å²) in [6.45, 7) is 3.15. The van der Waals surface area contributed by atoms with Crippen molar-refractivity contribution in [3.05, 3.63) is 122 Å². The van der Waals surface area contributed by atoms with E-state index in [0.717, 1.165) is 11.3 Å². The van der Waals surface area contributed by atoms with E-state index in [1.54, 1.807) is 79.8 Å². The van der Waals surface area contributed by atoms with Crippen LogP contribution in [0.4, 0.5) is 15.8 Å². The molecule has 17 nitrogen and oxygen atoms in total. The lowest BCUT2D eigenvalue weighted by molar-refractivity contribution is -0.139. The number of nitrogens with zero attached hydrogens (tertiary/aromatic N) is 3. The molecule has 0 saturated carbocycles. The van der Waals surface area contributed by atoms with Crippen molar-refractivity contribution >= 4 is 85.0 Å². The maximum Gasteiger partial charge on any atom is 0.349 e. The first-order valence-electron chi connectivity index (χ1n) is 21.7. The number of imide groups is 1. The highest BCUT2D eigenvalue weighted by Crippen LogP contribution is 2.46. The summed E-state index contributed by atoms with van der Waals surface area (Å²) in [7, 11) is -2.31. The molecular formula is C48H46ClFN6O11S2. The van der Waals surface area contributed by atoms with Gasteiger partial charge in [0.05, 0.1) is 28.1 Å². The quantitative estimate of drug-likeness (QED) is 0.0652. The number of sulfonamides is 1. The first-order chi connectivity index (χ1) is 32.7. The smallest absolute Gasteiger partial charge is 0.349 e. The van der Waals surface area contributed by atoms with Crippen molar-refractivity contribution < 1.29 is 51.7 Å². The number of carboxylic acids is 2. The number of carbonyl (C=O) groups is 5. The number of piperidine rings is 2. The monoisotopic (exact) mass is 1000 g/mol. The molecule has 0 bridgehead atoms. The van der Waals surface area contributed by atoms with Gasteiger partial charge < -0.3 is 25.6 Å². The molecule has 2 atom stereocenters. The summed E-state index contributed by atoms with van der Waals surface area (Å²) in [6.07, 6.45) is 1.01. The van der Waals surface area contributed by atoms with Gasteiger partial charge in [-0.25, -0.2) is 27.2 Å². The molecule has 4 aromatic carbocycles. The number of nitrogens with one attached hydrogen (secondary N) is 3. The lowest BCUT2D eigenvalue weighted by Crippen LogP contribution is -2.55. The maximum atomic E-state index is 15.7. The predicted octanol–water partition coefficient (Wildman–Crippen LogP) is 7.03. The molecule has 2 aliphatic heterocycles. The molecule has 2 saturated heterocycles. The third kappa shape index (κ3) is 10.3. The lowest BCUT2D eigenvalue weighted by Gasteiger charge is -2.45. The number of hydrogen-bond donors (Lipinski definition) is 5. The zero-order chi connectivity index (χ0) is 49.5. The molecule has 5 N–H and O–H groups in total. The van der Waals surface area contributed by atoms with Crippen molar-refractivity contribution in [2.75, 3.05) is 23.8 Å². The van der Waals surface area contributed by atoms with Gasteiger partial charge in [-0.2, -0.15) is 4.31 Å². The Balaban J connectivity index is 0.883. The van der Waals surface area contributed by atoms with Gasteiger partial charge in [-0.3, -0.25) is 28.8 Å². The second-order valence-corrected chi connectivity index (χ2v) is 20.9. The summed E-state index contributed by atoms with van der Waals surface area (Å²) in [6, 6.07) is 22.0. The number of thiophene rings is 1. The van der Waals surface area contributed by atoms with Gasteiger partial charge in [0.25, 0.3) is 0 Å². The molecule has 2 fully saturated rings. The summed E-state index contributed by atoms with van der Waals surface area (Å²) >= 11 is 7.37. The van der Waals surface area contributed by atoms with E-state index >= 15 is 4.39 Å². The highest BCUT2D eigenvalue weighted by molar-refractivity contribution is 7.88. The van der Waals surface area contributed by atoms with Gasteiger partial charge in [0.1, 0.15) is 16.9 Å². The van der Waals surface area contributed by atoms with Crippen LogP contribution >= 0.6 is 22.9 Å². The highest BCUT2D eigenvalue weighted by atomic mass is 35.5. The van der Waals surface area contributed by atoms with Gasteiger partial charge in [-0.05, 0) is 97.8 Å². The number of aliphatic carboxylic acids is 1. The number of imidazole rings is 1. The summed E-state index contributed by atoms with van der Waals surface area (Å²) in [4.78, 5) is 73.9. The standard InChI is InChI=1S/C48H46ClFN6O11S2/c1-48(2)23-32(51-31-9-5-7-29(21-31)43-41(49)42(67-24-40(59)60)44(68-43)46(62)63)16-17-55(48)69(65,66)25-27-6-4-8-30(18-27)52-39(58)20-26-10-12-33(34(50)19-26)28-11-13-35-37(22-28)54(3)47(64)56(35)36-14-15-38(57)53-45(36)61/h4-13,18-19,21-22,32,36,51H,14-17,20,23-25H2,1-3H3,(H,52,58)(H,59,60)(H,62,63)(H,53,57,61)/t32-,36?/m0/s1. The molecule has 2 aromatic heterocycles. The maximum absolute atomic E-state index is 15.7. The van der Waals surface area contributed by atoms with E-state index in [0.29, 0.717) is 62.4 Å². The number of halogens is 2. The zero-order valence-corrected chi connectivity index (χ0v) is 39.8. The van der Waals surface area contributed by atoms with Crippen molar-refractivity contribution in [2.45, 2.75) is 69.3 Å². The van der Waals surface area contributed by atoms with Crippen LogP contribution in [0.5, 0.6) is 5.75 Å². The predicted molar refractivity (Wildman–Crippen MR) is 258 cm³/mol. The van der Waals surface area contributed by atoms with E-state index in [4.69, 9.17) is 21.4 Å². The number of ether oxygens (including phenoxy) is 1. The molecule has 0 aliphatic carbocycles. The molecule has 21 heteroatoms. The third-order valence-electron chi connectivity index (χ3n) is 12.2. The Bertz CT molecular complexity index is 3260. The number of carbonyl (C=O) groups excluding carboxylic acids is 3. The zero-order valence-electron chi connectivity index (χ0n) is 37.4. The van der Waals surface area contributed by atoms with E-state index in [9.17, 15) is 42.3 Å². The minimum atomic E-state index is -3.86. The number of aromatic nitrogens is 2. The fourth-order valence-corrected chi connectivity index (χ4v) is 12.4. The molecule has 360 valence electrons. The molecule has 6 aromatic rings. The second kappa shape index (κ2) is 19.3. The van der Waals surface area contributed by atoms with Crippen LogP contribution in [-0.4, -0.2) is 86.5 Å². The Morgan fingerprint density at radius 2 is 1.68 bits per heavy atom. The second-order valence-electron chi connectivity index (χ2n) is 17.6. The van der Waals surface area contributed by atoms with E-state index in [1.165, 1.54) is 19.5 Å². The molecule has 0 radical (unpaired) electrons. The lowest BCUT2D eigenvalue weighted by atomic mass is 9.89. The first-order valence-corrected chi connectivity index (χ1v) is 24.5. The van der Waals surface area contributed by atoms with Gasteiger partial charge >= 0.3 is 17.6 Å². The number of fused-ring (bicyclic) bond motifs is 1. The largest absolute Gasteiger partial charge is 0.479 e. The fraction of sp³-hybridized carbons (Fsp3) is 0.292. The number of amides is 3. The average molecular weight is 1000 g/mol. The molecule has 0 spiro atoms. The van der Waals surface area contributed by atoms with Gasteiger partial charge in [0.15, 0.2) is 17.2 Å². The minimum Gasteiger partial charge on any atom is -0.479 e. The third-order valence-corrected chi connectivity index (χ3v) is 15.9. The molecule has 4 heterocycles. The van der Waals surface area contributed by atoms with Crippen LogP contribution in [0.3, 0.4) is 0 Å². The van der Waals surface area contributed by atoms with Crippen molar-refractivity contribution in [3.63, 3.8) is 0 Å². The number of aryl methyl sites for hydroxylation is 1. The Labute approximate surface area is 403 Å². The fourth-order valence-electron chi connectivity index (χ4n) is 9.07. The molecule has 8 rings (SSSR count). The molecule has 2 aliphatic rings. The van der Waals surface area contributed by atoms with Crippen LogP contribution in [-0.2, 0) is 48.4 Å². The van der Waals surface area contributed by atoms with Crippen molar-refractivity contribution in [1.29, 1.82) is 0 Å². The molecule has 69 heavy (non-hydrogen) atoms. The number of aromatic carboxylic acids is 1. The average Bonchev–Trinajstić information content (AvgIpc) is 3.73. The number of anilines is 2. The molecular weight excluding hydrogens is 955 g/mol. The van der Waals surface area contributed by atoms with Gasteiger partial charge in [-0.15, -0.1) is 11.3 Å². The summed E-state index contributed by atoms with van der Waals surface area (Å²) < 4.78 is 53.1. The van der Waals surface area contributed by atoms with Crippen molar-refractivity contribution in [1.82, 2.24) is 18.8 Å². The van der Waals surface area contributed by atoms with Gasteiger partial charge in [0.2, 0.25) is 27.7 Å². The Hall–Kier alpha value is -6.87. The van der Waals surface area contributed by atoms with Crippen LogP contribution in [0, 0.1) is 5.82 Å². The number of carboxylic acid groups (broad SMARTS) is 2. The Morgan fingerprint density at radius 3 is 2.39 bits per heavy atom. The number of rotatable bonds is 15. The Morgan fingerprint density at radius 1 is 0.928 bits per heavy atom. The van der Waals surface area contributed by atoms with E-state index in [2.05, 4.69) is 16.0 Å². The van der Waals surface area contributed by atoms with Gasteiger partial charge in [-0.1, -0.05) is 54.1 Å². The van der Waals surface area contributed by atoms with Crippen LogP contribution in [0.2, 0.25) is 5.02 Å². The topological polar surface area (TPSA) is 235 Å². The first kappa shape index (κ1) is 48.6. The SMILES string of the molecule is Cn1c(=O)n(C2CCC(=O)NC2=O)c2ccc(-c3ccc(CC(=O)Nc4cccc(CS(=O)(=O)N5CC[C@H](Nc6cccc(-c7sc(C(=O)O)c(OCC(=O)O)c7Cl)c6)CC5(C)C)c4)cc3F)cc21. The number of benzene rings is 4. The summed E-state index contributed by atoms with van der Waals surface area (Å²) in [5.41, 5.74) is 2.84. The van der Waals surface area contributed by atoms with Crippen LogP contribution in [0.25, 0.3) is 32.6 Å². The highest BCUT2D eigenvalue weighted by Gasteiger charge is 2.41. The normalized spacial score (nSPS) is 17.3. The van der Waals surface area contributed by atoms with Crippen molar-refractivity contribution in [3.8, 4) is 27.3 Å². The van der Waals surface area contributed by atoms with E-state index in [-0.39, 0.29) is 58.8 Å². The van der Waals surface area contributed by atoms with E-state index in [1.807, 2.05) is 19.9 Å². The summed E-state index contributed by atoms with van der Waals surface area (Å²) in [5.74, 6) is -5.15. The van der Waals surface area contributed by atoms with Crippen molar-refractivity contribution in [2.24, 2.45) is 7.05 Å². The summed E-state index contributed by atoms with van der Waals surface area (Å²) in [5, 5.41) is 27.3. The van der Waals surface area contributed by atoms with Crippen LogP contribution in [0.15, 0.2) is 89.7 Å². The number of hydrogen-bond acceptors (Lipinski definition) is 11.